The lowest BCUT2D eigenvalue weighted by Crippen LogP contribution is -2.30. The van der Waals surface area contributed by atoms with Crippen molar-refractivity contribution in [1.29, 1.82) is 0 Å². The van der Waals surface area contributed by atoms with Crippen molar-refractivity contribution in [2.45, 2.75) is 19.0 Å². The maximum Gasteiger partial charge on any atom is 0.0416 e. The van der Waals surface area contributed by atoms with Crippen molar-refractivity contribution in [3.63, 3.8) is 0 Å². The Labute approximate surface area is 97.0 Å². The van der Waals surface area contributed by atoms with E-state index < -0.39 is 0 Å². The first-order valence-electron chi connectivity index (χ1n) is 5.20. The molecule has 2 atom stereocenters. The predicted octanol–water partition coefficient (Wildman–Crippen LogP) is 3.25. The number of hydrogen-bond donors (Lipinski definition) is 1. The van der Waals surface area contributed by atoms with Crippen LogP contribution in [-0.4, -0.2) is 18.1 Å². The summed E-state index contributed by atoms with van der Waals surface area (Å²) in [5.74, 6) is 1.09. The van der Waals surface area contributed by atoms with E-state index in [1.807, 2.05) is 17.8 Å². The molecule has 0 aliphatic rings. The van der Waals surface area contributed by atoms with Crippen LogP contribution in [0.15, 0.2) is 43.0 Å². The molecule has 1 N–H and O–H groups in total. The first-order chi connectivity index (χ1) is 7.27. The van der Waals surface area contributed by atoms with Crippen molar-refractivity contribution in [2.24, 2.45) is 0 Å². The molecule has 15 heavy (non-hydrogen) atoms. The number of benzene rings is 1. The molecule has 0 amide bonds. The van der Waals surface area contributed by atoms with E-state index in [0.29, 0.717) is 12.1 Å². The zero-order chi connectivity index (χ0) is 11.1. The average Bonchev–Trinajstić information content (AvgIpc) is 2.29. The first-order valence-corrected chi connectivity index (χ1v) is 6.59. The summed E-state index contributed by atoms with van der Waals surface area (Å²) in [6, 6.07) is 11.3. The lowest BCUT2D eigenvalue weighted by molar-refractivity contribution is 0.543. The van der Waals surface area contributed by atoms with Gasteiger partial charge in [-0.1, -0.05) is 36.4 Å². The summed E-state index contributed by atoms with van der Waals surface area (Å²) in [7, 11) is 0. The van der Waals surface area contributed by atoms with E-state index >= 15 is 0 Å². The molecule has 1 nitrogen and oxygen atoms in total. The van der Waals surface area contributed by atoms with Gasteiger partial charge in [-0.25, -0.2) is 0 Å². The molecule has 1 rings (SSSR count). The fourth-order valence-electron chi connectivity index (χ4n) is 1.48. The summed E-state index contributed by atoms with van der Waals surface area (Å²) in [6.07, 6.45) is 4.08. The minimum atomic E-state index is 0.349. The van der Waals surface area contributed by atoms with Crippen molar-refractivity contribution in [2.75, 3.05) is 12.0 Å². The molecule has 1 aromatic rings. The Kier molecular flexibility index (Phi) is 5.51. The van der Waals surface area contributed by atoms with Crippen LogP contribution in [-0.2, 0) is 0 Å². The molecule has 2 heteroatoms. The summed E-state index contributed by atoms with van der Waals surface area (Å²) >= 11 is 1.86. The van der Waals surface area contributed by atoms with Crippen LogP contribution in [0, 0.1) is 0 Å². The number of hydrogen-bond acceptors (Lipinski definition) is 2. The maximum absolute atomic E-state index is 3.80. The van der Waals surface area contributed by atoms with Crippen molar-refractivity contribution < 1.29 is 0 Å². The number of rotatable bonds is 6. The van der Waals surface area contributed by atoms with Gasteiger partial charge in [0.2, 0.25) is 0 Å². The van der Waals surface area contributed by atoms with Crippen LogP contribution in [0.4, 0.5) is 0 Å². The highest BCUT2D eigenvalue weighted by Crippen LogP contribution is 2.17. The average molecular weight is 221 g/mol. The van der Waals surface area contributed by atoms with Gasteiger partial charge in [-0.2, -0.15) is 11.8 Å². The molecular weight excluding hydrogens is 202 g/mol. The second-order valence-corrected chi connectivity index (χ2v) is 4.52. The molecule has 0 spiro atoms. The second kappa shape index (κ2) is 6.70. The molecule has 1 aromatic carbocycles. The Balaban J connectivity index is 2.69. The first kappa shape index (κ1) is 12.3. The smallest absolute Gasteiger partial charge is 0.0416 e. The van der Waals surface area contributed by atoms with Crippen molar-refractivity contribution in [3.05, 3.63) is 48.6 Å². The lowest BCUT2D eigenvalue weighted by Gasteiger charge is -2.21. The lowest BCUT2D eigenvalue weighted by atomic mass is 10.1. The normalized spacial score (nSPS) is 14.5. The van der Waals surface area contributed by atoms with Crippen LogP contribution >= 0.6 is 11.8 Å². The quantitative estimate of drug-likeness (QED) is 0.740. The van der Waals surface area contributed by atoms with E-state index in [4.69, 9.17) is 0 Å². The van der Waals surface area contributed by atoms with Gasteiger partial charge >= 0.3 is 0 Å². The molecule has 0 aromatic heterocycles. The van der Waals surface area contributed by atoms with Crippen molar-refractivity contribution in [3.8, 4) is 0 Å². The molecule has 0 radical (unpaired) electrons. The molecule has 0 heterocycles. The third kappa shape index (κ3) is 4.10. The third-order valence-electron chi connectivity index (χ3n) is 2.35. The second-order valence-electron chi connectivity index (χ2n) is 3.61. The topological polar surface area (TPSA) is 12.0 Å². The van der Waals surface area contributed by atoms with E-state index in [9.17, 15) is 0 Å². The van der Waals surface area contributed by atoms with Gasteiger partial charge in [0.05, 0.1) is 0 Å². The summed E-state index contributed by atoms with van der Waals surface area (Å²) in [4.78, 5) is 0. The molecule has 0 aliphatic carbocycles. The van der Waals surface area contributed by atoms with E-state index in [2.05, 4.69) is 55.4 Å². The Morgan fingerprint density at radius 3 is 2.60 bits per heavy atom. The minimum absolute atomic E-state index is 0.349. The SMILES string of the molecule is C=CC(C)NC(CSC)c1ccccc1. The van der Waals surface area contributed by atoms with Crippen LogP contribution in [0.1, 0.15) is 18.5 Å². The zero-order valence-corrected chi connectivity index (χ0v) is 10.3. The van der Waals surface area contributed by atoms with Gasteiger partial charge in [-0.05, 0) is 18.7 Å². The fourth-order valence-corrected chi connectivity index (χ4v) is 2.10. The molecule has 0 fully saturated rings. The minimum Gasteiger partial charge on any atom is -0.303 e. The standard InChI is InChI=1S/C13H19NS/c1-4-11(2)14-13(10-15-3)12-8-6-5-7-9-12/h4-9,11,13-14H,1,10H2,2-3H3. The highest BCUT2D eigenvalue weighted by Gasteiger charge is 2.11. The zero-order valence-electron chi connectivity index (χ0n) is 9.44. The molecular formula is C13H19NS. The Morgan fingerprint density at radius 2 is 2.07 bits per heavy atom. The van der Waals surface area contributed by atoms with E-state index in [-0.39, 0.29) is 0 Å². The fraction of sp³-hybridized carbons (Fsp3) is 0.385. The van der Waals surface area contributed by atoms with Gasteiger partial charge in [0, 0.05) is 17.8 Å². The summed E-state index contributed by atoms with van der Waals surface area (Å²) < 4.78 is 0. The molecule has 0 saturated carbocycles. The van der Waals surface area contributed by atoms with Crippen LogP contribution in [0.2, 0.25) is 0 Å². The third-order valence-corrected chi connectivity index (χ3v) is 3.02. The van der Waals surface area contributed by atoms with Gasteiger partial charge in [0.1, 0.15) is 0 Å². The molecule has 82 valence electrons. The van der Waals surface area contributed by atoms with Gasteiger partial charge in [0.25, 0.3) is 0 Å². The highest BCUT2D eigenvalue weighted by molar-refractivity contribution is 7.98. The van der Waals surface area contributed by atoms with Crippen molar-refractivity contribution in [1.82, 2.24) is 5.32 Å². The monoisotopic (exact) mass is 221 g/mol. The molecule has 2 unspecified atom stereocenters. The summed E-state index contributed by atoms with van der Waals surface area (Å²) in [5, 5.41) is 3.54. The van der Waals surface area contributed by atoms with E-state index in [1.165, 1.54) is 5.56 Å². The Bertz CT molecular complexity index is 284. The van der Waals surface area contributed by atoms with Crippen LogP contribution in [0.5, 0.6) is 0 Å². The molecule has 0 bridgehead atoms. The Hall–Kier alpha value is -0.730. The van der Waals surface area contributed by atoms with Crippen molar-refractivity contribution >= 4 is 11.8 Å². The summed E-state index contributed by atoms with van der Waals surface area (Å²) in [6.45, 7) is 5.93. The van der Waals surface area contributed by atoms with E-state index in [1.54, 1.807) is 0 Å². The van der Waals surface area contributed by atoms with Gasteiger partial charge in [-0.15, -0.1) is 6.58 Å². The van der Waals surface area contributed by atoms with Crippen LogP contribution in [0.3, 0.4) is 0 Å². The highest BCUT2D eigenvalue weighted by atomic mass is 32.2. The predicted molar refractivity (Wildman–Crippen MR) is 70.4 cm³/mol. The largest absolute Gasteiger partial charge is 0.303 e. The Morgan fingerprint density at radius 1 is 1.40 bits per heavy atom. The van der Waals surface area contributed by atoms with Gasteiger partial charge < -0.3 is 5.32 Å². The van der Waals surface area contributed by atoms with Gasteiger partial charge in [-0.3, -0.25) is 0 Å². The number of thioether (sulfide) groups is 1. The van der Waals surface area contributed by atoms with Gasteiger partial charge in [0.15, 0.2) is 0 Å². The van der Waals surface area contributed by atoms with E-state index in [0.717, 1.165) is 5.75 Å². The van der Waals surface area contributed by atoms with Crippen LogP contribution in [0.25, 0.3) is 0 Å². The molecule has 0 saturated heterocycles. The molecule has 0 aliphatic heterocycles. The summed E-state index contributed by atoms with van der Waals surface area (Å²) in [5.41, 5.74) is 1.35. The maximum atomic E-state index is 3.80. The number of nitrogens with one attached hydrogen (secondary N) is 1. The van der Waals surface area contributed by atoms with Crippen LogP contribution < -0.4 is 5.32 Å².